The van der Waals surface area contributed by atoms with E-state index < -0.39 is 0 Å². The first-order valence-electron chi connectivity index (χ1n) is 8.33. The molecule has 0 N–H and O–H groups in total. The Morgan fingerprint density at radius 2 is 1.86 bits per heavy atom. The van der Waals surface area contributed by atoms with Gasteiger partial charge in [-0.25, -0.2) is 0 Å². The number of anilines is 1. The smallest absolute Gasteiger partial charge is 0.231 e. The standard InChI is InChI=1S/C18H26N2O2/c1-22-15-18(9-5-10-18)17(21)20-12-6-11-19(13-14-20)16-7-3-2-4-8-16/h2-4,7-8H,5-6,9-15H2,1H3. The molecule has 0 spiro atoms. The van der Waals surface area contributed by atoms with Crippen LogP contribution in [0.5, 0.6) is 0 Å². The maximum atomic E-state index is 12.9. The molecule has 1 aromatic rings. The molecule has 1 amide bonds. The lowest BCUT2D eigenvalue weighted by molar-refractivity contribution is -0.151. The monoisotopic (exact) mass is 302 g/mol. The zero-order chi connectivity index (χ0) is 15.4. The molecule has 2 aliphatic rings. The van der Waals surface area contributed by atoms with Gasteiger partial charge >= 0.3 is 0 Å². The molecule has 0 atom stereocenters. The molecule has 1 aliphatic carbocycles. The number of hydrogen-bond donors (Lipinski definition) is 0. The molecule has 0 unspecified atom stereocenters. The van der Waals surface area contributed by atoms with Crippen LogP contribution in [0.2, 0.25) is 0 Å². The molecule has 1 aromatic carbocycles. The summed E-state index contributed by atoms with van der Waals surface area (Å²) in [6.45, 7) is 4.20. The molecule has 1 heterocycles. The van der Waals surface area contributed by atoms with Crippen molar-refractivity contribution in [1.82, 2.24) is 4.90 Å². The quantitative estimate of drug-likeness (QED) is 0.857. The molecule has 4 heteroatoms. The van der Waals surface area contributed by atoms with Crippen molar-refractivity contribution in [3.8, 4) is 0 Å². The van der Waals surface area contributed by atoms with Gasteiger partial charge in [-0.1, -0.05) is 24.6 Å². The molecule has 2 fully saturated rings. The van der Waals surface area contributed by atoms with Gasteiger partial charge in [0.05, 0.1) is 12.0 Å². The van der Waals surface area contributed by atoms with Crippen LogP contribution in [0.1, 0.15) is 25.7 Å². The summed E-state index contributed by atoms with van der Waals surface area (Å²) in [7, 11) is 1.70. The van der Waals surface area contributed by atoms with Crippen LogP contribution in [0, 0.1) is 5.41 Å². The Hall–Kier alpha value is -1.55. The van der Waals surface area contributed by atoms with Gasteiger partial charge in [-0.05, 0) is 31.4 Å². The molecule has 3 rings (SSSR count). The summed E-state index contributed by atoms with van der Waals surface area (Å²) in [5, 5.41) is 0. The first-order chi connectivity index (χ1) is 10.7. The topological polar surface area (TPSA) is 32.8 Å². The highest BCUT2D eigenvalue weighted by molar-refractivity contribution is 5.84. The van der Waals surface area contributed by atoms with Crippen LogP contribution in [0.25, 0.3) is 0 Å². The van der Waals surface area contributed by atoms with Crippen molar-refractivity contribution in [2.24, 2.45) is 5.41 Å². The fourth-order valence-corrected chi connectivity index (χ4v) is 3.65. The summed E-state index contributed by atoms with van der Waals surface area (Å²) >= 11 is 0. The number of methoxy groups -OCH3 is 1. The van der Waals surface area contributed by atoms with E-state index in [2.05, 4.69) is 34.1 Å². The molecule has 0 radical (unpaired) electrons. The number of carbonyl (C=O) groups excluding carboxylic acids is 1. The van der Waals surface area contributed by atoms with Gasteiger partial charge in [0.1, 0.15) is 0 Å². The van der Waals surface area contributed by atoms with E-state index in [0.717, 1.165) is 51.9 Å². The zero-order valence-corrected chi connectivity index (χ0v) is 13.5. The molecular weight excluding hydrogens is 276 g/mol. The molecule has 1 aliphatic heterocycles. The highest BCUT2D eigenvalue weighted by Crippen LogP contribution is 2.42. The van der Waals surface area contributed by atoms with Crippen LogP contribution in [-0.4, -0.2) is 50.7 Å². The predicted molar refractivity (Wildman–Crippen MR) is 88.0 cm³/mol. The second-order valence-electron chi connectivity index (χ2n) is 6.54. The molecule has 0 bridgehead atoms. The van der Waals surface area contributed by atoms with Crippen molar-refractivity contribution < 1.29 is 9.53 Å². The van der Waals surface area contributed by atoms with Crippen molar-refractivity contribution in [1.29, 1.82) is 0 Å². The first kappa shape index (κ1) is 15.3. The van der Waals surface area contributed by atoms with Crippen LogP contribution in [0.3, 0.4) is 0 Å². The van der Waals surface area contributed by atoms with E-state index >= 15 is 0 Å². The van der Waals surface area contributed by atoms with E-state index in [1.807, 2.05) is 6.07 Å². The Bertz CT molecular complexity index is 499. The van der Waals surface area contributed by atoms with Crippen LogP contribution in [-0.2, 0) is 9.53 Å². The van der Waals surface area contributed by atoms with Crippen LogP contribution in [0.4, 0.5) is 5.69 Å². The van der Waals surface area contributed by atoms with Gasteiger partial charge in [0.15, 0.2) is 0 Å². The van der Waals surface area contributed by atoms with Crippen molar-refractivity contribution in [2.75, 3.05) is 44.8 Å². The molecule has 1 saturated heterocycles. The lowest BCUT2D eigenvalue weighted by Gasteiger charge is -2.42. The van der Waals surface area contributed by atoms with Gasteiger partial charge in [0.2, 0.25) is 5.91 Å². The molecule has 22 heavy (non-hydrogen) atoms. The Morgan fingerprint density at radius 3 is 2.50 bits per heavy atom. The number of para-hydroxylation sites is 1. The lowest BCUT2D eigenvalue weighted by atomic mass is 9.68. The van der Waals surface area contributed by atoms with Gasteiger partial charge in [-0.3, -0.25) is 4.79 Å². The number of nitrogens with zero attached hydrogens (tertiary/aromatic N) is 2. The Labute approximate surface area is 133 Å². The predicted octanol–water partition coefficient (Wildman–Crippen LogP) is 2.54. The van der Waals surface area contributed by atoms with Gasteiger partial charge in [-0.15, -0.1) is 0 Å². The molecule has 1 saturated carbocycles. The van der Waals surface area contributed by atoms with Crippen LogP contribution >= 0.6 is 0 Å². The second kappa shape index (κ2) is 6.69. The summed E-state index contributed by atoms with van der Waals surface area (Å²) in [4.78, 5) is 17.4. The van der Waals surface area contributed by atoms with Crippen molar-refractivity contribution in [3.63, 3.8) is 0 Å². The highest BCUT2D eigenvalue weighted by Gasteiger charge is 2.46. The van der Waals surface area contributed by atoms with Gasteiger partial charge < -0.3 is 14.5 Å². The Balaban J connectivity index is 1.64. The number of carbonyl (C=O) groups is 1. The number of hydrogen-bond acceptors (Lipinski definition) is 3. The van der Waals surface area contributed by atoms with Crippen molar-refractivity contribution in [3.05, 3.63) is 30.3 Å². The maximum absolute atomic E-state index is 12.9. The number of rotatable bonds is 4. The third-order valence-corrected chi connectivity index (χ3v) is 5.09. The van der Waals surface area contributed by atoms with E-state index in [1.165, 1.54) is 5.69 Å². The van der Waals surface area contributed by atoms with Crippen LogP contribution in [0.15, 0.2) is 30.3 Å². The fourth-order valence-electron chi connectivity index (χ4n) is 3.65. The maximum Gasteiger partial charge on any atom is 0.231 e. The van der Waals surface area contributed by atoms with Crippen molar-refractivity contribution in [2.45, 2.75) is 25.7 Å². The van der Waals surface area contributed by atoms with E-state index in [1.54, 1.807) is 7.11 Å². The average Bonchev–Trinajstić information content (AvgIpc) is 2.77. The summed E-state index contributed by atoms with van der Waals surface area (Å²) < 4.78 is 5.32. The summed E-state index contributed by atoms with van der Waals surface area (Å²) in [5.74, 6) is 0.315. The van der Waals surface area contributed by atoms with Gasteiger partial charge in [-0.2, -0.15) is 0 Å². The number of ether oxygens (including phenoxy) is 1. The Kier molecular flexibility index (Phi) is 4.67. The number of benzene rings is 1. The Morgan fingerprint density at radius 1 is 1.09 bits per heavy atom. The molecular formula is C18H26N2O2. The highest BCUT2D eigenvalue weighted by atomic mass is 16.5. The third kappa shape index (κ3) is 2.98. The summed E-state index contributed by atoms with van der Waals surface area (Å²) in [5.41, 5.74) is 1.03. The largest absolute Gasteiger partial charge is 0.384 e. The van der Waals surface area contributed by atoms with Gasteiger partial charge in [0.25, 0.3) is 0 Å². The van der Waals surface area contributed by atoms with Crippen molar-refractivity contribution >= 4 is 11.6 Å². The molecule has 0 aromatic heterocycles. The normalized spacial score (nSPS) is 21.1. The van der Waals surface area contributed by atoms with E-state index in [4.69, 9.17) is 4.74 Å². The van der Waals surface area contributed by atoms with E-state index in [-0.39, 0.29) is 5.41 Å². The molecule has 4 nitrogen and oxygen atoms in total. The third-order valence-electron chi connectivity index (χ3n) is 5.09. The summed E-state index contributed by atoms with van der Waals surface area (Å²) in [6.07, 6.45) is 4.15. The van der Waals surface area contributed by atoms with Gasteiger partial charge in [0, 0.05) is 39.0 Å². The SMILES string of the molecule is COCC1(C(=O)N2CCCN(c3ccccc3)CC2)CCC1. The fraction of sp³-hybridized carbons (Fsp3) is 0.611. The summed E-state index contributed by atoms with van der Waals surface area (Å²) in [6, 6.07) is 10.5. The van der Waals surface area contributed by atoms with E-state index in [9.17, 15) is 4.79 Å². The molecule has 120 valence electrons. The first-order valence-corrected chi connectivity index (χ1v) is 8.33. The zero-order valence-electron chi connectivity index (χ0n) is 13.5. The lowest BCUT2D eigenvalue weighted by Crippen LogP contribution is -2.51. The number of amides is 1. The van der Waals surface area contributed by atoms with Crippen LogP contribution < -0.4 is 4.90 Å². The minimum Gasteiger partial charge on any atom is -0.384 e. The minimum atomic E-state index is -0.226. The second-order valence-corrected chi connectivity index (χ2v) is 6.54. The average molecular weight is 302 g/mol. The van der Waals surface area contributed by atoms with E-state index in [0.29, 0.717) is 12.5 Å². The minimum absolute atomic E-state index is 0.226.